The van der Waals surface area contributed by atoms with Gasteiger partial charge in [-0.2, -0.15) is 0 Å². The second-order valence-electron chi connectivity index (χ2n) is 6.31. The second kappa shape index (κ2) is 7.46. The maximum atomic E-state index is 9.23. The quantitative estimate of drug-likeness (QED) is 0.655. The van der Waals surface area contributed by atoms with Crippen molar-refractivity contribution in [3.8, 4) is 0 Å². The van der Waals surface area contributed by atoms with Crippen molar-refractivity contribution in [1.29, 1.82) is 0 Å². The van der Waals surface area contributed by atoms with Gasteiger partial charge in [0.1, 0.15) is 0 Å². The van der Waals surface area contributed by atoms with E-state index in [4.69, 9.17) is 5.73 Å². The lowest BCUT2D eigenvalue weighted by molar-refractivity contribution is 0.138. The van der Waals surface area contributed by atoms with Crippen LogP contribution in [0.4, 0.5) is 0 Å². The molecule has 0 aromatic carbocycles. The molecule has 108 valence electrons. The molecular weight excluding hydrogens is 224 g/mol. The molecule has 4 N–H and O–H groups in total. The molecule has 0 aromatic rings. The summed E-state index contributed by atoms with van der Waals surface area (Å²) in [4.78, 5) is 0. The molecule has 0 saturated heterocycles. The molecule has 0 amide bonds. The highest BCUT2D eigenvalue weighted by Crippen LogP contribution is 2.34. The first-order valence-corrected chi connectivity index (χ1v) is 7.65. The number of rotatable bonds is 7. The van der Waals surface area contributed by atoms with Gasteiger partial charge in [-0.25, -0.2) is 0 Å². The van der Waals surface area contributed by atoms with Crippen LogP contribution < -0.4 is 11.1 Å². The lowest BCUT2D eigenvalue weighted by atomic mass is 9.74. The molecular formula is C15H32N2O. The molecule has 0 spiro atoms. The Kier molecular flexibility index (Phi) is 6.61. The molecule has 3 nitrogen and oxygen atoms in total. The Morgan fingerprint density at radius 3 is 2.39 bits per heavy atom. The van der Waals surface area contributed by atoms with Gasteiger partial charge in [0.15, 0.2) is 0 Å². The van der Waals surface area contributed by atoms with Crippen LogP contribution in [0.25, 0.3) is 0 Å². The molecule has 18 heavy (non-hydrogen) atoms. The Hall–Kier alpha value is -0.120. The van der Waals surface area contributed by atoms with Crippen LogP contribution in [0.5, 0.6) is 0 Å². The van der Waals surface area contributed by atoms with Gasteiger partial charge in [-0.1, -0.05) is 26.7 Å². The molecule has 0 bridgehead atoms. The minimum atomic E-state index is 0.118. The molecule has 2 unspecified atom stereocenters. The lowest BCUT2D eigenvalue weighted by Gasteiger charge is -2.43. The summed E-state index contributed by atoms with van der Waals surface area (Å²) >= 11 is 0. The van der Waals surface area contributed by atoms with Crippen molar-refractivity contribution >= 4 is 0 Å². The van der Waals surface area contributed by atoms with Gasteiger partial charge in [0, 0.05) is 24.7 Å². The van der Waals surface area contributed by atoms with Crippen LogP contribution >= 0.6 is 0 Å². The Bertz CT molecular complexity index is 225. The topological polar surface area (TPSA) is 58.3 Å². The highest BCUT2D eigenvalue weighted by atomic mass is 16.3. The highest BCUT2D eigenvalue weighted by Gasteiger charge is 2.35. The zero-order valence-corrected chi connectivity index (χ0v) is 12.4. The van der Waals surface area contributed by atoms with Crippen LogP contribution in [0, 0.1) is 11.8 Å². The minimum absolute atomic E-state index is 0.118. The normalized spacial score (nSPS) is 32.2. The van der Waals surface area contributed by atoms with E-state index in [-0.39, 0.29) is 12.1 Å². The number of aliphatic hydroxyl groups excluding tert-OH is 1. The molecule has 2 atom stereocenters. The SMILES string of the molecule is CCCC1CCC(CN)(NC(C)C(C)CO)CC1. The van der Waals surface area contributed by atoms with Gasteiger partial charge in [0.25, 0.3) is 0 Å². The molecule has 1 fully saturated rings. The highest BCUT2D eigenvalue weighted by molar-refractivity contribution is 4.95. The standard InChI is InChI=1S/C15H32N2O/c1-4-5-14-6-8-15(11-16,9-7-14)17-13(3)12(2)10-18/h12-14,17-18H,4-11,16H2,1-3H3. The summed E-state index contributed by atoms with van der Waals surface area (Å²) in [5, 5.41) is 12.9. The van der Waals surface area contributed by atoms with E-state index in [1.54, 1.807) is 0 Å². The van der Waals surface area contributed by atoms with Crippen molar-refractivity contribution in [3.63, 3.8) is 0 Å². The summed E-state index contributed by atoms with van der Waals surface area (Å²) in [6.45, 7) is 7.48. The van der Waals surface area contributed by atoms with E-state index in [9.17, 15) is 5.11 Å². The fraction of sp³-hybridized carbons (Fsp3) is 1.00. The minimum Gasteiger partial charge on any atom is -0.396 e. The zero-order chi connectivity index (χ0) is 13.6. The van der Waals surface area contributed by atoms with Gasteiger partial charge in [-0.05, 0) is 44.4 Å². The smallest absolute Gasteiger partial charge is 0.0471 e. The van der Waals surface area contributed by atoms with E-state index in [0.29, 0.717) is 18.5 Å². The Labute approximate surface area is 113 Å². The molecule has 0 radical (unpaired) electrons. The maximum absolute atomic E-state index is 9.23. The third-order valence-electron chi connectivity index (χ3n) is 4.83. The van der Waals surface area contributed by atoms with Gasteiger partial charge >= 0.3 is 0 Å². The summed E-state index contributed by atoms with van der Waals surface area (Å²) in [6, 6.07) is 0.335. The average molecular weight is 256 g/mol. The molecule has 0 aromatic heterocycles. The van der Waals surface area contributed by atoms with E-state index < -0.39 is 0 Å². The Balaban J connectivity index is 2.50. The van der Waals surface area contributed by atoms with Gasteiger partial charge in [-0.15, -0.1) is 0 Å². The van der Waals surface area contributed by atoms with Crippen molar-refractivity contribution in [1.82, 2.24) is 5.32 Å². The first-order chi connectivity index (χ1) is 8.56. The number of aliphatic hydroxyl groups is 1. The van der Waals surface area contributed by atoms with Gasteiger partial charge in [-0.3, -0.25) is 0 Å². The van der Waals surface area contributed by atoms with Crippen LogP contribution in [-0.4, -0.2) is 29.8 Å². The van der Waals surface area contributed by atoms with E-state index in [2.05, 4.69) is 26.1 Å². The first-order valence-electron chi connectivity index (χ1n) is 7.65. The lowest BCUT2D eigenvalue weighted by Crippen LogP contribution is -2.57. The van der Waals surface area contributed by atoms with E-state index in [1.807, 2.05) is 0 Å². The second-order valence-corrected chi connectivity index (χ2v) is 6.31. The summed E-state index contributed by atoms with van der Waals surface area (Å²) < 4.78 is 0. The molecule has 1 saturated carbocycles. The van der Waals surface area contributed by atoms with E-state index in [1.165, 1.54) is 38.5 Å². The Morgan fingerprint density at radius 1 is 1.33 bits per heavy atom. The summed E-state index contributed by atoms with van der Waals surface area (Å²) in [5.74, 6) is 1.20. The Morgan fingerprint density at radius 2 is 1.94 bits per heavy atom. The van der Waals surface area contributed by atoms with Crippen LogP contribution in [0.1, 0.15) is 59.3 Å². The van der Waals surface area contributed by atoms with Gasteiger partial charge in [0.2, 0.25) is 0 Å². The average Bonchev–Trinajstić information content (AvgIpc) is 2.40. The molecule has 0 heterocycles. The molecule has 1 rings (SSSR count). The van der Waals surface area contributed by atoms with Gasteiger partial charge in [0.05, 0.1) is 0 Å². The maximum Gasteiger partial charge on any atom is 0.0471 e. The molecule has 0 aliphatic heterocycles. The van der Waals surface area contributed by atoms with Crippen LogP contribution in [0.15, 0.2) is 0 Å². The number of nitrogens with one attached hydrogen (secondary N) is 1. The van der Waals surface area contributed by atoms with E-state index in [0.717, 1.165) is 5.92 Å². The summed E-state index contributed by atoms with van der Waals surface area (Å²) in [7, 11) is 0. The third-order valence-corrected chi connectivity index (χ3v) is 4.83. The summed E-state index contributed by atoms with van der Waals surface area (Å²) in [5.41, 5.74) is 6.14. The van der Waals surface area contributed by atoms with Crippen LogP contribution in [-0.2, 0) is 0 Å². The van der Waals surface area contributed by atoms with Crippen molar-refractivity contribution in [2.24, 2.45) is 17.6 Å². The van der Waals surface area contributed by atoms with Crippen molar-refractivity contribution in [2.45, 2.75) is 70.9 Å². The molecule has 1 aliphatic rings. The fourth-order valence-electron chi connectivity index (χ4n) is 3.12. The molecule has 3 heteroatoms. The van der Waals surface area contributed by atoms with Crippen LogP contribution in [0.2, 0.25) is 0 Å². The predicted octanol–water partition coefficient (Wildman–Crippen LogP) is 2.28. The monoisotopic (exact) mass is 256 g/mol. The van der Waals surface area contributed by atoms with Crippen LogP contribution in [0.3, 0.4) is 0 Å². The molecule has 1 aliphatic carbocycles. The van der Waals surface area contributed by atoms with Gasteiger partial charge < -0.3 is 16.2 Å². The fourth-order valence-corrected chi connectivity index (χ4v) is 3.12. The van der Waals surface area contributed by atoms with Crippen molar-refractivity contribution < 1.29 is 5.11 Å². The van der Waals surface area contributed by atoms with Crippen molar-refractivity contribution in [3.05, 3.63) is 0 Å². The van der Waals surface area contributed by atoms with Crippen molar-refractivity contribution in [2.75, 3.05) is 13.2 Å². The third kappa shape index (κ3) is 4.22. The zero-order valence-electron chi connectivity index (χ0n) is 12.4. The summed E-state index contributed by atoms with van der Waals surface area (Å²) in [6.07, 6.45) is 7.65. The van der Waals surface area contributed by atoms with E-state index >= 15 is 0 Å². The first kappa shape index (κ1) is 15.9. The largest absolute Gasteiger partial charge is 0.396 e. The number of hydrogen-bond donors (Lipinski definition) is 3. The number of nitrogens with two attached hydrogens (primary N) is 1. The number of hydrogen-bond acceptors (Lipinski definition) is 3. The predicted molar refractivity (Wildman–Crippen MR) is 77.5 cm³/mol.